The van der Waals surface area contributed by atoms with Crippen LogP contribution in [0.3, 0.4) is 0 Å². The Morgan fingerprint density at radius 3 is 2.50 bits per heavy atom. The number of ketones is 1. The van der Waals surface area contributed by atoms with Crippen LogP contribution in [0.2, 0.25) is 0 Å². The minimum atomic E-state index is -0.369. The molecule has 0 unspecified atom stereocenters. The Morgan fingerprint density at radius 1 is 1.36 bits per heavy atom. The molecule has 0 aromatic rings. The molecule has 0 saturated heterocycles. The summed E-state index contributed by atoms with van der Waals surface area (Å²) < 4.78 is 4.79. The number of hydrogen-bond donors (Lipinski definition) is 0. The Balaban J connectivity index is 3.55. The lowest BCUT2D eigenvalue weighted by atomic mass is 10.1. The molecule has 0 atom stereocenters. The summed E-state index contributed by atoms with van der Waals surface area (Å²) in [7, 11) is 0. The van der Waals surface area contributed by atoms with E-state index in [0.717, 1.165) is 6.42 Å². The summed E-state index contributed by atoms with van der Waals surface area (Å²) in [6.07, 6.45) is 4.37. The Bertz CT molecular complexity index is 217. The van der Waals surface area contributed by atoms with E-state index in [9.17, 15) is 9.59 Å². The predicted octanol–water partition coefficient (Wildman–Crippen LogP) is 2.11. The van der Waals surface area contributed by atoms with Crippen LogP contribution in [0.25, 0.3) is 0 Å². The average Bonchev–Trinajstić information content (AvgIpc) is 2.02. The largest absolute Gasteiger partial charge is 0.462 e. The van der Waals surface area contributed by atoms with Crippen molar-refractivity contribution in [2.45, 2.75) is 33.6 Å². The van der Waals surface area contributed by atoms with Gasteiger partial charge in [-0.05, 0) is 19.3 Å². The van der Waals surface area contributed by atoms with Crippen molar-refractivity contribution in [1.82, 2.24) is 0 Å². The number of carbonyl (C=O) groups is 2. The lowest BCUT2D eigenvalue weighted by molar-refractivity contribution is -0.138. The van der Waals surface area contributed by atoms with E-state index >= 15 is 0 Å². The molecule has 14 heavy (non-hydrogen) atoms. The van der Waals surface area contributed by atoms with Gasteiger partial charge in [0, 0.05) is 12.5 Å². The third-order valence-corrected chi connectivity index (χ3v) is 1.56. The SMILES string of the molecule is CC(=O)CCOC(=O)/C=C/CC(C)C. The van der Waals surface area contributed by atoms with E-state index in [0.29, 0.717) is 12.3 Å². The minimum Gasteiger partial charge on any atom is -0.462 e. The first kappa shape index (κ1) is 12.9. The molecule has 0 spiro atoms. The molecule has 3 heteroatoms. The zero-order valence-electron chi connectivity index (χ0n) is 9.08. The first-order valence-electron chi connectivity index (χ1n) is 4.85. The lowest BCUT2D eigenvalue weighted by Gasteiger charge is -1.99. The first-order valence-corrected chi connectivity index (χ1v) is 4.85. The van der Waals surface area contributed by atoms with E-state index in [1.54, 1.807) is 6.08 Å². The number of carbonyl (C=O) groups excluding carboxylic acids is 2. The maximum Gasteiger partial charge on any atom is 0.330 e. The Hall–Kier alpha value is -1.12. The zero-order chi connectivity index (χ0) is 11.0. The molecule has 0 fully saturated rings. The van der Waals surface area contributed by atoms with Gasteiger partial charge < -0.3 is 4.74 Å². The highest BCUT2D eigenvalue weighted by atomic mass is 16.5. The number of hydrogen-bond acceptors (Lipinski definition) is 3. The van der Waals surface area contributed by atoms with Gasteiger partial charge in [-0.1, -0.05) is 19.9 Å². The average molecular weight is 198 g/mol. The van der Waals surface area contributed by atoms with E-state index in [4.69, 9.17) is 4.74 Å². The van der Waals surface area contributed by atoms with E-state index in [1.165, 1.54) is 13.0 Å². The van der Waals surface area contributed by atoms with Crippen molar-refractivity contribution in [3.8, 4) is 0 Å². The second-order valence-electron chi connectivity index (χ2n) is 3.65. The number of allylic oxidation sites excluding steroid dienone is 1. The highest BCUT2D eigenvalue weighted by Crippen LogP contribution is 1.99. The molecule has 0 N–H and O–H groups in total. The van der Waals surface area contributed by atoms with Crippen LogP contribution in [0.1, 0.15) is 33.6 Å². The van der Waals surface area contributed by atoms with E-state index in [-0.39, 0.29) is 18.4 Å². The lowest BCUT2D eigenvalue weighted by Crippen LogP contribution is -2.05. The molecule has 0 rings (SSSR count). The minimum absolute atomic E-state index is 0.0314. The molecule has 0 saturated carbocycles. The second kappa shape index (κ2) is 7.30. The summed E-state index contributed by atoms with van der Waals surface area (Å²) in [4.78, 5) is 21.5. The van der Waals surface area contributed by atoms with Gasteiger partial charge in [-0.15, -0.1) is 0 Å². The van der Waals surface area contributed by atoms with Crippen LogP contribution in [0.5, 0.6) is 0 Å². The van der Waals surface area contributed by atoms with Crippen molar-refractivity contribution in [2.75, 3.05) is 6.61 Å². The first-order chi connectivity index (χ1) is 6.52. The second-order valence-corrected chi connectivity index (χ2v) is 3.65. The van der Waals surface area contributed by atoms with Gasteiger partial charge in [0.2, 0.25) is 0 Å². The molecule has 0 radical (unpaired) electrons. The van der Waals surface area contributed by atoms with Crippen molar-refractivity contribution in [2.24, 2.45) is 5.92 Å². The number of ether oxygens (including phenoxy) is 1. The quantitative estimate of drug-likeness (QED) is 0.485. The van der Waals surface area contributed by atoms with Crippen LogP contribution in [-0.2, 0) is 14.3 Å². The molecule has 0 aromatic heterocycles. The summed E-state index contributed by atoms with van der Waals surface area (Å²) in [5, 5.41) is 0. The molecule has 0 aromatic carbocycles. The molecule has 0 aliphatic rings. The molecule has 0 amide bonds. The van der Waals surface area contributed by atoms with Crippen molar-refractivity contribution in [1.29, 1.82) is 0 Å². The van der Waals surface area contributed by atoms with Crippen LogP contribution >= 0.6 is 0 Å². The van der Waals surface area contributed by atoms with E-state index in [2.05, 4.69) is 13.8 Å². The van der Waals surface area contributed by atoms with Crippen LogP contribution < -0.4 is 0 Å². The van der Waals surface area contributed by atoms with Crippen LogP contribution in [0, 0.1) is 5.92 Å². The fourth-order valence-corrected chi connectivity index (χ4v) is 0.780. The van der Waals surface area contributed by atoms with Gasteiger partial charge in [-0.2, -0.15) is 0 Å². The van der Waals surface area contributed by atoms with E-state index < -0.39 is 0 Å². The maximum absolute atomic E-state index is 11.0. The number of rotatable bonds is 6. The third-order valence-electron chi connectivity index (χ3n) is 1.56. The van der Waals surface area contributed by atoms with Crippen LogP contribution in [0.15, 0.2) is 12.2 Å². The topological polar surface area (TPSA) is 43.4 Å². The van der Waals surface area contributed by atoms with Crippen LogP contribution in [0.4, 0.5) is 0 Å². The smallest absolute Gasteiger partial charge is 0.330 e. The van der Waals surface area contributed by atoms with Gasteiger partial charge in [0.1, 0.15) is 5.78 Å². The van der Waals surface area contributed by atoms with Crippen molar-refractivity contribution >= 4 is 11.8 Å². The third kappa shape index (κ3) is 8.97. The van der Waals surface area contributed by atoms with Gasteiger partial charge >= 0.3 is 5.97 Å². The highest BCUT2D eigenvalue weighted by molar-refractivity contribution is 5.82. The van der Waals surface area contributed by atoms with Gasteiger partial charge in [0.05, 0.1) is 6.61 Å². The molecule has 0 heterocycles. The van der Waals surface area contributed by atoms with Gasteiger partial charge in [-0.3, -0.25) is 4.79 Å². The van der Waals surface area contributed by atoms with Crippen LogP contribution in [-0.4, -0.2) is 18.4 Å². The number of Topliss-reactive ketones (excluding diaryl/α,β-unsaturated/α-hetero) is 1. The monoisotopic (exact) mass is 198 g/mol. The van der Waals surface area contributed by atoms with Crippen molar-refractivity contribution in [3.05, 3.63) is 12.2 Å². The Morgan fingerprint density at radius 2 is 2.00 bits per heavy atom. The Kier molecular flexibility index (Phi) is 6.72. The number of esters is 1. The fraction of sp³-hybridized carbons (Fsp3) is 0.636. The van der Waals surface area contributed by atoms with Gasteiger partial charge in [0.15, 0.2) is 0 Å². The standard InChI is InChI=1S/C11H18O3/c1-9(2)5-4-6-11(13)14-8-7-10(3)12/h4,6,9H,5,7-8H2,1-3H3/b6-4+. The highest BCUT2D eigenvalue weighted by Gasteiger charge is 1.98. The summed E-state index contributed by atoms with van der Waals surface area (Å²) in [5.41, 5.74) is 0. The molecular formula is C11H18O3. The summed E-state index contributed by atoms with van der Waals surface area (Å²) in [6.45, 7) is 5.81. The normalized spacial score (nSPS) is 10.9. The molecule has 80 valence electrons. The predicted molar refractivity (Wildman–Crippen MR) is 54.9 cm³/mol. The molecule has 0 aliphatic carbocycles. The molecular weight excluding hydrogens is 180 g/mol. The van der Waals surface area contributed by atoms with Crippen molar-refractivity contribution < 1.29 is 14.3 Å². The molecule has 3 nitrogen and oxygen atoms in total. The summed E-state index contributed by atoms with van der Waals surface area (Å²) in [6, 6.07) is 0. The zero-order valence-corrected chi connectivity index (χ0v) is 9.08. The fourth-order valence-electron chi connectivity index (χ4n) is 0.780. The maximum atomic E-state index is 11.0. The van der Waals surface area contributed by atoms with Gasteiger partial charge in [0.25, 0.3) is 0 Å². The molecule has 0 aliphatic heterocycles. The van der Waals surface area contributed by atoms with Crippen molar-refractivity contribution in [3.63, 3.8) is 0 Å². The molecule has 0 bridgehead atoms. The Labute approximate surface area is 85.1 Å². The van der Waals surface area contributed by atoms with Gasteiger partial charge in [-0.25, -0.2) is 4.79 Å². The summed E-state index contributed by atoms with van der Waals surface area (Å²) in [5.74, 6) is 0.201. The van der Waals surface area contributed by atoms with E-state index in [1.807, 2.05) is 0 Å². The summed E-state index contributed by atoms with van der Waals surface area (Å²) >= 11 is 0.